The molecule has 2 aliphatic heterocycles. The fourth-order valence-electron chi connectivity index (χ4n) is 5.00. The van der Waals surface area contributed by atoms with Gasteiger partial charge in [-0.15, -0.1) is 0 Å². The molecule has 9 heteroatoms. The molecule has 2 aliphatic rings. The predicted molar refractivity (Wildman–Crippen MR) is 125 cm³/mol. The number of fused-ring (bicyclic) bond motifs is 1. The fourth-order valence-corrected chi connectivity index (χ4v) is 5.32. The maximum Gasteiger partial charge on any atom is 0.317 e. The normalized spacial score (nSPS) is 21.5. The lowest BCUT2D eigenvalue weighted by molar-refractivity contribution is 0.107. The summed E-state index contributed by atoms with van der Waals surface area (Å²) in [6.45, 7) is 4.93. The minimum atomic E-state index is -0.00688. The SMILES string of the molecule is O=C(NCc1cnc2ccnn2c1)N1CCCC2(CCN(Cc3ccc(Cl)c(Cl)c3)C2)C1. The molecule has 1 unspecified atom stereocenters. The Labute approximate surface area is 197 Å². The minimum absolute atomic E-state index is 0.00688. The zero-order valence-corrected chi connectivity index (χ0v) is 19.3. The summed E-state index contributed by atoms with van der Waals surface area (Å²) < 4.78 is 1.72. The van der Waals surface area contributed by atoms with E-state index in [9.17, 15) is 4.79 Å². The molecule has 7 nitrogen and oxygen atoms in total. The molecule has 1 N–H and O–H groups in total. The van der Waals surface area contributed by atoms with Gasteiger partial charge in [-0.05, 0) is 43.5 Å². The van der Waals surface area contributed by atoms with Crippen LogP contribution in [0.3, 0.4) is 0 Å². The Morgan fingerprint density at radius 3 is 2.88 bits per heavy atom. The van der Waals surface area contributed by atoms with Gasteiger partial charge in [0.05, 0.1) is 16.2 Å². The van der Waals surface area contributed by atoms with Crippen molar-refractivity contribution in [1.29, 1.82) is 0 Å². The second kappa shape index (κ2) is 8.89. The number of urea groups is 1. The summed E-state index contributed by atoms with van der Waals surface area (Å²) in [6.07, 6.45) is 8.71. The number of nitrogens with zero attached hydrogens (tertiary/aromatic N) is 5. The smallest absolute Gasteiger partial charge is 0.317 e. The lowest BCUT2D eigenvalue weighted by Gasteiger charge is -2.40. The molecule has 4 heterocycles. The molecule has 5 rings (SSSR count). The van der Waals surface area contributed by atoms with Gasteiger partial charge in [0, 0.05) is 62.2 Å². The third kappa shape index (κ3) is 4.56. The van der Waals surface area contributed by atoms with Crippen LogP contribution in [0.1, 0.15) is 30.4 Å². The van der Waals surface area contributed by atoms with E-state index in [0.717, 1.165) is 63.2 Å². The Kier molecular flexibility index (Phi) is 5.97. The summed E-state index contributed by atoms with van der Waals surface area (Å²) in [6, 6.07) is 7.69. The molecule has 2 fully saturated rings. The molecular weight excluding hydrogens is 447 g/mol. The highest BCUT2D eigenvalue weighted by molar-refractivity contribution is 6.42. The molecule has 168 valence electrons. The molecular formula is C23H26Cl2N6O. The topological polar surface area (TPSA) is 65.8 Å². The van der Waals surface area contributed by atoms with Crippen LogP contribution >= 0.6 is 23.2 Å². The highest BCUT2D eigenvalue weighted by Gasteiger charge is 2.42. The van der Waals surface area contributed by atoms with Crippen LogP contribution in [0.25, 0.3) is 5.65 Å². The van der Waals surface area contributed by atoms with Gasteiger partial charge in [0.1, 0.15) is 0 Å². The van der Waals surface area contributed by atoms with E-state index in [-0.39, 0.29) is 11.4 Å². The third-order valence-electron chi connectivity index (χ3n) is 6.60. The van der Waals surface area contributed by atoms with E-state index in [2.05, 4.69) is 20.3 Å². The zero-order valence-electron chi connectivity index (χ0n) is 17.8. The number of carbonyl (C=O) groups excluding carboxylic acids is 1. The molecule has 2 saturated heterocycles. The third-order valence-corrected chi connectivity index (χ3v) is 7.34. The lowest BCUT2D eigenvalue weighted by atomic mass is 9.79. The Balaban J connectivity index is 1.17. The minimum Gasteiger partial charge on any atom is -0.334 e. The Bertz CT molecular complexity index is 1130. The van der Waals surface area contributed by atoms with Crippen molar-refractivity contribution in [1.82, 2.24) is 29.7 Å². The van der Waals surface area contributed by atoms with E-state index in [1.807, 2.05) is 35.4 Å². The molecule has 2 amide bonds. The number of hydrogen-bond acceptors (Lipinski definition) is 4. The van der Waals surface area contributed by atoms with Gasteiger partial charge in [0.15, 0.2) is 5.65 Å². The van der Waals surface area contributed by atoms with E-state index in [1.165, 1.54) is 5.56 Å². The second-order valence-corrected chi connectivity index (χ2v) is 9.80. The van der Waals surface area contributed by atoms with Gasteiger partial charge < -0.3 is 10.2 Å². The molecule has 2 aromatic heterocycles. The van der Waals surface area contributed by atoms with Gasteiger partial charge in [0.2, 0.25) is 0 Å². The number of carbonyl (C=O) groups is 1. The van der Waals surface area contributed by atoms with Crippen molar-refractivity contribution in [3.63, 3.8) is 0 Å². The number of benzene rings is 1. The Morgan fingerprint density at radius 2 is 2.00 bits per heavy atom. The molecule has 1 atom stereocenters. The maximum absolute atomic E-state index is 12.9. The summed E-state index contributed by atoms with van der Waals surface area (Å²) in [7, 11) is 0. The van der Waals surface area contributed by atoms with Crippen molar-refractivity contribution in [2.24, 2.45) is 5.41 Å². The molecule has 0 bridgehead atoms. The van der Waals surface area contributed by atoms with Crippen molar-refractivity contribution in [3.8, 4) is 0 Å². The van der Waals surface area contributed by atoms with E-state index in [1.54, 1.807) is 16.9 Å². The monoisotopic (exact) mass is 472 g/mol. The highest BCUT2D eigenvalue weighted by Crippen LogP contribution is 2.39. The Hall–Kier alpha value is -2.35. The largest absolute Gasteiger partial charge is 0.334 e. The van der Waals surface area contributed by atoms with Crippen LogP contribution in [0.15, 0.2) is 42.9 Å². The van der Waals surface area contributed by atoms with E-state index in [4.69, 9.17) is 23.2 Å². The van der Waals surface area contributed by atoms with Gasteiger partial charge in [-0.25, -0.2) is 14.3 Å². The first kappa shape index (κ1) is 21.5. The number of nitrogens with one attached hydrogen (secondary N) is 1. The second-order valence-electron chi connectivity index (χ2n) is 8.99. The van der Waals surface area contributed by atoms with Crippen LogP contribution in [-0.4, -0.2) is 56.6 Å². The lowest BCUT2D eigenvalue weighted by Crippen LogP contribution is -2.50. The number of rotatable bonds is 4. The standard InChI is InChI=1S/C23H26Cl2N6O/c24-19-3-2-17(10-20(19)25)13-29-9-6-23(15-29)5-1-8-30(16-23)22(32)27-12-18-11-26-21-4-7-28-31(21)14-18/h2-4,7,10-11,14H,1,5-6,8-9,12-13,15-16H2,(H,27,32). The number of likely N-dealkylation sites (tertiary alicyclic amines) is 2. The van der Waals surface area contributed by atoms with Crippen LogP contribution in [0.5, 0.6) is 0 Å². The number of aromatic nitrogens is 3. The van der Waals surface area contributed by atoms with E-state index >= 15 is 0 Å². The van der Waals surface area contributed by atoms with E-state index < -0.39 is 0 Å². The van der Waals surface area contributed by atoms with Crippen LogP contribution in [0.4, 0.5) is 4.79 Å². The quantitative estimate of drug-likeness (QED) is 0.616. The van der Waals surface area contributed by atoms with Crippen molar-refractivity contribution in [2.45, 2.75) is 32.4 Å². The summed E-state index contributed by atoms with van der Waals surface area (Å²) in [5.74, 6) is 0. The molecule has 32 heavy (non-hydrogen) atoms. The molecule has 1 aromatic carbocycles. The first-order valence-electron chi connectivity index (χ1n) is 11.0. The summed E-state index contributed by atoms with van der Waals surface area (Å²) in [4.78, 5) is 21.7. The van der Waals surface area contributed by atoms with Gasteiger partial charge in [-0.1, -0.05) is 29.3 Å². The highest BCUT2D eigenvalue weighted by atomic mass is 35.5. The summed E-state index contributed by atoms with van der Waals surface area (Å²) >= 11 is 12.2. The van der Waals surface area contributed by atoms with Crippen LogP contribution in [0.2, 0.25) is 10.0 Å². The zero-order chi connectivity index (χ0) is 22.1. The van der Waals surface area contributed by atoms with Gasteiger partial charge in [0.25, 0.3) is 0 Å². The van der Waals surface area contributed by atoms with Crippen molar-refractivity contribution in [3.05, 3.63) is 64.0 Å². The van der Waals surface area contributed by atoms with Gasteiger partial charge in [-0.3, -0.25) is 4.90 Å². The van der Waals surface area contributed by atoms with Crippen molar-refractivity contribution < 1.29 is 4.79 Å². The van der Waals surface area contributed by atoms with Crippen LogP contribution in [0, 0.1) is 5.41 Å². The van der Waals surface area contributed by atoms with Crippen LogP contribution < -0.4 is 5.32 Å². The maximum atomic E-state index is 12.9. The number of halogens is 2. The molecule has 0 aliphatic carbocycles. The average Bonchev–Trinajstić information content (AvgIpc) is 3.41. The first-order chi connectivity index (χ1) is 15.5. The van der Waals surface area contributed by atoms with Crippen molar-refractivity contribution >= 4 is 34.9 Å². The van der Waals surface area contributed by atoms with Crippen LogP contribution in [-0.2, 0) is 13.1 Å². The van der Waals surface area contributed by atoms with E-state index in [0.29, 0.717) is 16.6 Å². The fraction of sp³-hybridized carbons (Fsp3) is 0.435. The summed E-state index contributed by atoms with van der Waals surface area (Å²) in [5.41, 5.74) is 3.06. The molecule has 3 aromatic rings. The summed E-state index contributed by atoms with van der Waals surface area (Å²) in [5, 5.41) is 8.45. The average molecular weight is 473 g/mol. The Morgan fingerprint density at radius 1 is 1.09 bits per heavy atom. The van der Waals surface area contributed by atoms with Crippen molar-refractivity contribution in [2.75, 3.05) is 26.2 Å². The number of piperidine rings is 1. The number of amides is 2. The first-order valence-corrected chi connectivity index (χ1v) is 11.7. The molecule has 1 spiro atoms. The van der Waals surface area contributed by atoms with Gasteiger partial charge >= 0.3 is 6.03 Å². The van der Waals surface area contributed by atoms with Gasteiger partial charge in [-0.2, -0.15) is 5.10 Å². The predicted octanol–water partition coefficient (Wildman–Crippen LogP) is 4.23. The molecule has 0 radical (unpaired) electrons. The number of hydrogen-bond donors (Lipinski definition) is 1. The molecule has 0 saturated carbocycles.